The third-order valence-electron chi connectivity index (χ3n) is 4.89. The summed E-state index contributed by atoms with van der Waals surface area (Å²) in [7, 11) is -3.24. The minimum absolute atomic E-state index is 0.0412. The van der Waals surface area contributed by atoms with Gasteiger partial charge in [0.2, 0.25) is 10.0 Å². The van der Waals surface area contributed by atoms with Crippen LogP contribution in [0.3, 0.4) is 0 Å². The lowest BCUT2D eigenvalue weighted by atomic mass is 10.1. The number of halogens is 2. The minimum atomic E-state index is -3.24. The van der Waals surface area contributed by atoms with E-state index < -0.39 is 15.9 Å². The molecule has 0 bridgehead atoms. The third-order valence-corrected chi connectivity index (χ3v) is 6.71. The van der Waals surface area contributed by atoms with Crippen molar-refractivity contribution in [3.05, 3.63) is 35.9 Å². The maximum absolute atomic E-state index is 13.9. The molecule has 140 valence electrons. The number of sulfonamides is 1. The molecule has 5 nitrogen and oxygen atoms in total. The highest BCUT2D eigenvalue weighted by Crippen LogP contribution is 2.36. The van der Waals surface area contributed by atoms with Crippen molar-refractivity contribution < 1.29 is 21.9 Å². The summed E-state index contributed by atoms with van der Waals surface area (Å²) >= 11 is 0. The van der Waals surface area contributed by atoms with Crippen molar-refractivity contribution >= 4 is 10.0 Å². The Bertz CT molecular complexity index is 678. The second-order valence-electron chi connectivity index (χ2n) is 6.76. The summed E-state index contributed by atoms with van der Waals surface area (Å²) in [6, 6.07) is 9.06. The van der Waals surface area contributed by atoms with Gasteiger partial charge in [0.05, 0.1) is 25.5 Å². The van der Waals surface area contributed by atoms with E-state index in [1.54, 1.807) is 11.8 Å². The average molecular weight is 374 g/mol. The minimum Gasteiger partial charge on any atom is -0.375 e. The number of alkyl halides is 2. The lowest BCUT2D eigenvalue weighted by Gasteiger charge is -2.44. The van der Waals surface area contributed by atoms with Gasteiger partial charge in [-0.05, 0) is 12.5 Å². The van der Waals surface area contributed by atoms with Crippen LogP contribution in [0.4, 0.5) is 8.78 Å². The van der Waals surface area contributed by atoms with E-state index in [0.29, 0.717) is 19.7 Å². The van der Waals surface area contributed by atoms with Crippen molar-refractivity contribution in [1.29, 1.82) is 0 Å². The second-order valence-corrected chi connectivity index (χ2v) is 9.02. The molecule has 1 aromatic carbocycles. The van der Waals surface area contributed by atoms with Gasteiger partial charge in [0.15, 0.2) is 0 Å². The van der Waals surface area contributed by atoms with E-state index in [4.69, 9.17) is 4.74 Å². The molecule has 2 heterocycles. The van der Waals surface area contributed by atoms with E-state index in [0.717, 1.165) is 5.56 Å². The topological polar surface area (TPSA) is 49.9 Å². The number of hydrogen-bond donors (Lipinski definition) is 0. The Morgan fingerprint density at radius 3 is 2.56 bits per heavy atom. The van der Waals surface area contributed by atoms with Crippen LogP contribution in [0.15, 0.2) is 30.3 Å². The summed E-state index contributed by atoms with van der Waals surface area (Å²) in [5.41, 5.74) is 1.00. The normalized spacial score (nSPS) is 25.2. The fourth-order valence-corrected chi connectivity index (χ4v) is 4.59. The first-order valence-corrected chi connectivity index (χ1v) is 10.1. The summed E-state index contributed by atoms with van der Waals surface area (Å²) in [6.07, 6.45) is -0.237. The number of likely N-dealkylation sites (tertiary alicyclic amines) is 1. The lowest BCUT2D eigenvalue weighted by Crippen LogP contribution is -2.62. The van der Waals surface area contributed by atoms with Gasteiger partial charge in [-0.15, -0.1) is 0 Å². The quantitative estimate of drug-likeness (QED) is 0.732. The maximum Gasteiger partial charge on any atom is 0.262 e. The van der Waals surface area contributed by atoms with Gasteiger partial charge in [-0.1, -0.05) is 30.3 Å². The standard InChI is InChI=1S/C17H24F2N2O3S/c1-2-25(22,23)20-9-16(10-20)21-13-17(18,19)8-15(21)12-24-11-14-6-4-3-5-7-14/h3-7,15-16H,2,8-13H2,1H3/t15-/m0/s1. The van der Waals surface area contributed by atoms with Crippen LogP contribution in [0.5, 0.6) is 0 Å². The summed E-state index contributed by atoms with van der Waals surface area (Å²) in [6.45, 7) is 2.46. The van der Waals surface area contributed by atoms with Crippen molar-refractivity contribution in [2.75, 3.05) is 32.0 Å². The summed E-state index contributed by atoms with van der Waals surface area (Å²) in [5.74, 6) is -2.70. The molecule has 2 saturated heterocycles. The lowest BCUT2D eigenvalue weighted by molar-refractivity contribution is -0.00424. The van der Waals surface area contributed by atoms with E-state index >= 15 is 0 Å². The monoisotopic (exact) mass is 374 g/mol. The highest BCUT2D eigenvalue weighted by Gasteiger charge is 2.50. The van der Waals surface area contributed by atoms with E-state index in [1.807, 2.05) is 30.3 Å². The van der Waals surface area contributed by atoms with Crippen LogP contribution >= 0.6 is 0 Å². The Hall–Kier alpha value is -1.09. The predicted octanol–water partition coefficient (Wildman–Crippen LogP) is 1.95. The Morgan fingerprint density at radius 2 is 1.92 bits per heavy atom. The zero-order valence-electron chi connectivity index (χ0n) is 14.3. The average Bonchev–Trinajstić information content (AvgIpc) is 2.81. The van der Waals surface area contributed by atoms with E-state index in [1.165, 1.54) is 4.31 Å². The first-order chi connectivity index (χ1) is 11.8. The van der Waals surface area contributed by atoms with Crippen LogP contribution < -0.4 is 0 Å². The molecule has 25 heavy (non-hydrogen) atoms. The third kappa shape index (κ3) is 4.36. The van der Waals surface area contributed by atoms with Gasteiger partial charge in [0.25, 0.3) is 5.92 Å². The van der Waals surface area contributed by atoms with Gasteiger partial charge in [-0.25, -0.2) is 17.2 Å². The molecule has 3 rings (SSSR count). The number of hydrogen-bond acceptors (Lipinski definition) is 4. The van der Waals surface area contributed by atoms with Crippen LogP contribution in [0, 0.1) is 0 Å². The SMILES string of the molecule is CCS(=O)(=O)N1CC(N2CC(F)(F)C[C@H]2COCc2ccccc2)C1. The highest BCUT2D eigenvalue weighted by atomic mass is 32.2. The van der Waals surface area contributed by atoms with Crippen LogP contribution in [0.25, 0.3) is 0 Å². The van der Waals surface area contributed by atoms with Gasteiger partial charge >= 0.3 is 0 Å². The Morgan fingerprint density at radius 1 is 1.24 bits per heavy atom. The smallest absolute Gasteiger partial charge is 0.262 e. The first-order valence-electron chi connectivity index (χ1n) is 8.54. The molecular formula is C17H24F2N2O3S. The van der Waals surface area contributed by atoms with Gasteiger partial charge in [-0.2, -0.15) is 4.31 Å². The molecule has 0 unspecified atom stereocenters. The van der Waals surface area contributed by atoms with Gasteiger partial charge in [-0.3, -0.25) is 4.90 Å². The van der Waals surface area contributed by atoms with Crippen molar-refractivity contribution in [2.45, 2.75) is 38.0 Å². The zero-order valence-corrected chi connectivity index (χ0v) is 15.1. The van der Waals surface area contributed by atoms with E-state index in [9.17, 15) is 17.2 Å². The largest absolute Gasteiger partial charge is 0.375 e. The van der Waals surface area contributed by atoms with Gasteiger partial charge < -0.3 is 4.74 Å². The van der Waals surface area contributed by atoms with Crippen molar-refractivity contribution in [2.24, 2.45) is 0 Å². The number of benzene rings is 1. The molecule has 2 fully saturated rings. The number of nitrogens with zero attached hydrogens (tertiary/aromatic N) is 2. The molecule has 0 aliphatic carbocycles. The van der Waals surface area contributed by atoms with E-state index in [-0.39, 0.29) is 37.4 Å². The molecule has 0 aromatic heterocycles. The van der Waals surface area contributed by atoms with Crippen molar-refractivity contribution in [3.63, 3.8) is 0 Å². The summed E-state index contributed by atoms with van der Waals surface area (Å²) < 4.78 is 58.4. The number of ether oxygens (including phenoxy) is 1. The second kappa shape index (κ2) is 7.26. The summed E-state index contributed by atoms with van der Waals surface area (Å²) in [4.78, 5) is 1.73. The van der Waals surface area contributed by atoms with Crippen LogP contribution in [-0.2, 0) is 21.4 Å². The van der Waals surface area contributed by atoms with Gasteiger partial charge in [0, 0.05) is 31.6 Å². The Balaban J connectivity index is 1.55. The van der Waals surface area contributed by atoms with Crippen LogP contribution in [-0.4, -0.2) is 67.6 Å². The molecule has 0 radical (unpaired) electrons. The number of rotatable bonds is 7. The molecular weight excluding hydrogens is 350 g/mol. The predicted molar refractivity (Wildman–Crippen MR) is 91.0 cm³/mol. The fraction of sp³-hybridized carbons (Fsp3) is 0.647. The molecule has 1 aromatic rings. The Kier molecular flexibility index (Phi) is 5.43. The molecule has 2 aliphatic heterocycles. The first kappa shape index (κ1) is 18.7. The molecule has 0 N–H and O–H groups in total. The maximum atomic E-state index is 13.9. The van der Waals surface area contributed by atoms with Gasteiger partial charge in [0.1, 0.15) is 0 Å². The molecule has 0 amide bonds. The Labute approximate surface area is 147 Å². The fourth-order valence-electron chi connectivity index (χ4n) is 3.43. The molecule has 2 aliphatic rings. The molecule has 0 saturated carbocycles. The van der Waals surface area contributed by atoms with E-state index in [2.05, 4.69) is 0 Å². The van der Waals surface area contributed by atoms with Crippen molar-refractivity contribution in [3.8, 4) is 0 Å². The molecule has 8 heteroatoms. The van der Waals surface area contributed by atoms with Crippen molar-refractivity contribution in [1.82, 2.24) is 9.21 Å². The molecule has 0 spiro atoms. The molecule has 1 atom stereocenters. The van der Waals surface area contributed by atoms with Crippen LogP contribution in [0.2, 0.25) is 0 Å². The summed E-state index contributed by atoms with van der Waals surface area (Å²) in [5, 5.41) is 0. The van der Waals surface area contributed by atoms with Crippen LogP contribution in [0.1, 0.15) is 18.9 Å². The highest BCUT2D eigenvalue weighted by molar-refractivity contribution is 7.89. The zero-order chi connectivity index (χ0) is 18.1.